The number of benzene rings is 2. The van der Waals surface area contributed by atoms with Gasteiger partial charge in [0.05, 0.1) is 23.0 Å². The van der Waals surface area contributed by atoms with Gasteiger partial charge in [0, 0.05) is 0 Å². The molecule has 2 aromatic rings. The van der Waals surface area contributed by atoms with Gasteiger partial charge in [-0.05, 0) is 24.6 Å². The van der Waals surface area contributed by atoms with Gasteiger partial charge in [-0.1, -0.05) is 54.1 Å². The highest BCUT2D eigenvalue weighted by atomic mass is 35.5. The Labute approximate surface area is 128 Å². The third-order valence-corrected chi connectivity index (χ3v) is 3.18. The number of rotatable bonds is 5. The van der Waals surface area contributed by atoms with E-state index in [-0.39, 0.29) is 12.5 Å². The fourth-order valence-corrected chi connectivity index (χ4v) is 1.91. The van der Waals surface area contributed by atoms with Crippen molar-refractivity contribution >= 4 is 28.9 Å². The van der Waals surface area contributed by atoms with Gasteiger partial charge in [0.25, 0.3) is 5.91 Å². The zero-order valence-electron chi connectivity index (χ0n) is 11.6. The van der Waals surface area contributed by atoms with E-state index in [9.17, 15) is 4.79 Å². The van der Waals surface area contributed by atoms with E-state index in [2.05, 4.69) is 15.8 Å². The van der Waals surface area contributed by atoms with Crippen LogP contribution in [0, 0.1) is 0 Å². The summed E-state index contributed by atoms with van der Waals surface area (Å²) in [5, 5.41) is 7.61. The Morgan fingerprint density at radius 1 is 1.10 bits per heavy atom. The first-order chi connectivity index (χ1) is 10.2. The molecule has 0 heterocycles. The van der Waals surface area contributed by atoms with Crippen LogP contribution in [0.3, 0.4) is 0 Å². The number of hydrazone groups is 1. The van der Waals surface area contributed by atoms with Crippen LogP contribution in [0.15, 0.2) is 59.7 Å². The lowest BCUT2D eigenvalue weighted by Gasteiger charge is -2.07. The molecule has 0 radical (unpaired) electrons. The highest BCUT2D eigenvalue weighted by molar-refractivity contribution is 6.33. The molecule has 2 rings (SSSR count). The molecule has 0 atom stereocenters. The van der Waals surface area contributed by atoms with Gasteiger partial charge in [-0.15, -0.1) is 0 Å². The number of carbonyl (C=O) groups is 1. The molecule has 0 fully saturated rings. The minimum absolute atomic E-state index is 0.106. The maximum atomic E-state index is 11.7. The molecule has 0 aliphatic carbocycles. The van der Waals surface area contributed by atoms with E-state index in [1.165, 1.54) is 0 Å². The van der Waals surface area contributed by atoms with Crippen molar-refractivity contribution in [1.29, 1.82) is 0 Å². The summed E-state index contributed by atoms with van der Waals surface area (Å²) < 4.78 is 0. The molecule has 1 amide bonds. The minimum Gasteiger partial charge on any atom is -0.375 e. The summed E-state index contributed by atoms with van der Waals surface area (Å²) in [6, 6.07) is 16.9. The van der Waals surface area contributed by atoms with Crippen LogP contribution >= 0.6 is 11.6 Å². The molecule has 0 saturated carbocycles. The average molecular weight is 302 g/mol. The Bertz CT molecular complexity index is 641. The van der Waals surface area contributed by atoms with Crippen LogP contribution in [0.1, 0.15) is 12.5 Å². The molecule has 0 spiro atoms. The first kappa shape index (κ1) is 15.1. The lowest BCUT2D eigenvalue weighted by Crippen LogP contribution is -2.26. The van der Waals surface area contributed by atoms with Crippen molar-refractivity contribution in [3.63, 3.8) is 0 Å². The summed E-state index contributed by atoms with van der Waals surface area (Å²) in [5.74, 6) is -0.231. The van der Waals surface area contributed by atoms with Crippen LogP contribution in [0.4, 0.5) is 5.69 Å². The number of carbonyl (C=O) groups excluding carboxylic acids is 1. The zero-order chi connectivity index (χ0) is 15.1. The first-order valence-corrected chi connectivity index (χ1v) is 6.91. The lowest BCUT2D eigenvalue weighted by atomic mass is 10.1. The summed E-state index contributed by atoms with van der Waals surface area (Å²) in [5.41, 5.74) is 4.96. The predicted octanol–water partition coefficient (Wildman–Crippen LogP) is 3.29. The van der Waals surface area contributed by atoms with E-state index in [0.29, 0.717) is 5.02 Å². The second-order valence-corrected chi connectivity index (χ2v) is 4.84. The Hall–Kier alpha value is -2.33. The molecule has 0 saturated heterocycles. The SMILES string of the molecule is C/C(=N/NC(=O)CNc1ccccc1Cl)c1ccccc1. The van der Waals surface area contributed by atoms with E-state index >= 15 is 0 Å². The molecule has 0 aliphatic rings. The van der Waals surface area contributed by atoms with Gasteiger partial charge in [-0.25, -0.2) is 5.43 Å². The zero-order valence-corrected chi connectivity index (χ0v) is 12.4. The number of hydrogen-bond donors (Lipinski definition) is 2. The molecule has 0 aliphatic heterocycles. The number of amides is 1. The Morgan fingerprint density at radius 2 is 1.76 bits per heavy atom. The van der Waals surface area contributed by atoms with Crippen molar-refractivity contribution in [3.05, 3.63) is 65.2 Å². The third kappa shape index (κ3) is 4.61. The Balaban J connectivity index is 1.87. The summed E-state index contributed by atoms with van der Waals surface area (Å²) in [6.45, 7) is 1.95. The fourth-order valence-electron chi connectivity index (χ4n) is 1.71. The summed E-state index contributed by atoms with van der Waals surface area (Å²) in [7, 11) is 0. The highest BCUT2D eigenvalue weighted by Crippen LogP contribution is 2.19. The van der Waals surface area contributed by atoms with Gasteiger partial charge < -0.3 is 5.32 Å². The van der Waals surface area contributed by atoms with Crippen LogP contribution in [0.25, 0.3) is 0 Å². The molecular formula is C16H16ClN3O. The Morgan fingerprint density at radius 3 is 2.48 bits per heavy atom. The molecular weight excluding hydrogens is 286 g/mol. The van der Waals surface area contributed by atoms with Gasteiger partial charge in [0.2, 0.25) is 0 Å². The van der Waals surface area contributed by atoms with Crippen LogP contribution in [-0.2, 0) is 4.79 Å². The highest BCUT2D eigenvalue weighted by Gasteiger charge is 2.03. The van der Waals surface area contributed by atoms with Crippen LogP contribution in [0.5, 0.6) is 0 Å². The minimum atomic E-state index is -0.231. The normalized spacial score (nSPS) is 11.0. The number of halogens is 1. The molecule has 0 bridgehead atoms. The molecule has 108 valence electrons. The standard InChI is InChI=1S/C16H16ClN3O/c1-12(13-7-3-2-4-8-13)19-20-16(21)11-18-15-10-6-5-9-14(15)17/h2-10,18H,11H2,1H3,(H,20,21)/b19-12-. The van der Waals surface area contributed by atoms with Gasteiger partial charge in [-0.2, -0.15) is 5.10 Å². The van der Waals surface area contributed by atoms with Gasteiger partial charge in [0.15, 0.2) is 0 Å². The molecule has 0 unspecified atom stereocenters. The van der Waals surface area contributed by atoms with E-state index in [4.69, 9.17) is 11.6 Å². The summed E-state index contributed by atoms with van der Waals surface area (Å²) >= 11 is 5.99. The molecule has 2 N–H and O–H groups in total. The predicted molar refractivity (Wildman–Crippen MR) is 86.7 cm³/mol. The van der Waals surface area contributed by atoms with Crippen LogP contribution in [0.2, 0.25) is 5.02 Å². The molecule has 2 aromatic carbocycles. The van der Waals surface area contributed by atoms with E-state index < -0.39 is 0 Å². The summed E-state index contributed by atoms with van der Waals surface area (Å²) in [6.07, 6.45) is 0. The third-order valence-electron chi connectivity index (χ3n) is 2.85. The van der Waals surface area contributed by atoms with Gasteiger partial charge in [0.1, 0.15) is 0 Å². The number of para-hydroxylation sites is 1. The van der Waals surface area contributed by atoms with Crippen molar-refractivity contribution in [3.8, 4) is 0 Å². The van der Waals surface area contributed by atoms with E-state index in [1.54, 1.807) is 6.07 Å². The second kappa shape index (κ2) is 7.45. The van der Waals surface area contributed by atoms with Crippen molar-refractivity contribution in [1.82, 2.24) is 5.43 Å². The smallest absolute Gasteiger partial charge is 0.259 e. The fraction of sp³-hybridized carbons (Fsp3) is 0.125. The van der Waals surface area contributed by atoms with E-state index in [1.807, 2.05) is 55.5 Å². The average Bonchev–Trinajstić information content (AvgIpc) is 2.52. The maximum absolute atomic E-state index is 11.7. The van der Waals surface area contributed by atoms with Crippen LogP contribution < -0.4 is 10.7 Å². The van der Waals surface area contributed by atoms with Crippen molar-refractivity contribution in [2.24, 2.45) is 5.10 Å². The summed E-state index contributed by atoms with van der Waals surface area (Å²) in [4.78, 5) is 11.7. The molecule has 21 heavy (non-hydrogen) atoms. The second-order valence-electron chi connectivity index (χ2n) is 4.43. The topological polar surface area (TPSA) is 53.5 Å². The van der Waals surface area contributed by atoms with Crippen molar-refractivity contribution in [2.45, 2.75) is 6.92 Å². The number of nitrogens with zero attached hydrogens (tertiary/aromatic N) is 1. The van der Waals surface area contributed by atoms with Crippen molar-refractivity contribution in [2.75, 3.05) is 11.9 Å². The lowest BCUT2D eigenvalue weighted by molar-refractivity contribution is -0.119. The van der Waals surface area contributed by atoms with Gasteiger partial charge >= 0.3 is 0 Å². The number of anilines is 1. The first-order valence-electron chi connectivity index (χ1n) is 6.54. The molecule has 5 heteroatoms. The molecule has 0 aromatic heterocycles. The Kier molecular flexibility index (Phi) is 5.35. The van der Waals surface area contributed by atoms with Crippen molar-refractivity contribution < 1.29 is 4.79 Å². The largest absolute Gasteiger partial charge is 0.375 e. The quantitative estimate of drug-likeness (QED) is 0.658. The monoisotopic (exact) mass is 301 g/mol. The van der Waals surface area contributed by atoms with Gasteiger partial charge in [-0.3, -0.25) is 4.79 Å². The van der Waals surface area contributed by atoms with E-state index in [0.717, 1.165) is 17.0 Å². The van der Waals surface area contributed by atoms with Crippen LogP contribution in [-0.4, -0.2) is 18.2 Å². The number of nitrogens with one attached hydrogen (secondary N) is 2. The molecule has 4 nitrogen and oxygen atoms in total. The maximum Gasteiger partial charge on any atom is 0.259 e. The number of hydrogen-bond acceptors (Lipinski definition) is 3.